The second kappa shape index (κ2) is 5.71. The van der Waals surface area contributed by atoms with Crippen molar-refractivity contribution in [3.63, 3.8) is 0 Å². The van der Waals surface area contributed by atoms with Crippen LogP contribution in [0.4, 0.5) is 0 Å². The fraction of sp³-hybridized carbons (Fsp3) is 0.400. The highest BCUT2D eigenvalue weighted by Gasteiger charge is 2.46. The predicted octanol–water partition coefficient (Wildman–Crippen LogP) is 2.66. The van der Waals surface area contributed by atoms with Gasteiger partial charge in [0.05, 0.1) is 15.8 Å². The number of hydrogen-bond acceptors (Lipinski definition) is 5. The Bertz CT molecular complexity index is 567. The molecule has 1 aromatic carbocycles. The standard InChI is InChI=1S/C15H19NO4S/c1-10-12-8-6-7-9-13(12)19-14(10)16(20-11(2)17)21(18)15(3,4)5/h6-9,14H,1H2,2-5H3/t14-,21?/m1/s1. The van der Waals surface area contributed by atoms with Crippen LogP contribution in [0.25, 0.3) is 5.57 Å². The lowest BCUT2D eigenvalue weighted by Gasteiger charge is -2.32. The van der Waals surface area contributed by atoms with E-state index in [4.69, 9.17) is 9.57 Å². The molecule has 0 bridgehead atoms. The molecule has 5 nitrogen and oxygen atoms in total. The lowest BCUT2D eigenvalue weighted by atomic mass is 10.1. The van der Waals surface area contributed by atoms with Gasteiger partial charge in [0.15, 0.2) is 0 Å². The van der Waals surface area contributed by atoms with Crippen LogP contribution in [0.3, 0.4) is 0 Å². The average molecular weight is 309 g/mol. The third kappa shape index (κ3) is 3.23. The monoisotopic (exact) mass is 309 g/mol. The Kier molecular flexibility index (Phi) is 4.32. The van der Waals surface area contributed by atoms with E-state index in [0.29, 0.717) is 11.3 Å². The van der Waals surface area contributed by atoms with Crippen LogP contribution in [0, 0.1) is 0 Å². The molecule has 0 spiro atoms. The highest BCUT2D eigenvalue weighted by molar-refractivity contribution is 7.90. The van der Waals surface area contributed by atoms with Crippen molar-refractivity contribution in [2.75, 3.05) is 0 Å². The summed E-state index contributed by atoms with van der Waals surface area (Å²) in [6.45, 7) is 10.6. The Morgan fingerprint density at radius 2 is 2.05 bits per heavy atom. The lowest BCUT2D eigenvalue weighted by Crippen LogP contribution is -2.50. The number of nitrogens with zero attached hydrogens (tertiary/aromatic N) is 1. The van der Waals surface area contributed by atoms with Crippen molar-refractivity contribution >= 4 is 22.9 Å². The maximum atomic E-state index is 12.6. The largest absolute Gasteiger partial charge is 0.595 e. The van der Waals surface area contributed by atoms with Gasteiger partial charge in [-0.15, -0.1) is 0 Å². The fourth-order valence-corrected chi connectivity index (χ4v) is 2.95. The molecule has 0 radical (unpaired) electrons. The first-order valence-corrected chi connectivity index (χ1v) is 7.67. The van der Waals surface area contributed by atoms with E-state index in [1.807, 2.05) is 18.2 Å². The zero-order valence-electron chi connectivity index (χ0n) is 12.6. The maximum Gasteiger partial charge on any atom is 0.327 e. The Morgan fingerprint density at radius 1 is 1.43 bits per heavy atom. The second-order valence-electron chi connectivity index (χ2n) is 5.72. The van der Waals surface area contributed by atoms with Gasteiger partial charge in [-0.25, -0.2) is 0 Å². The van der Waals surface area contributed by atoms with E-state index in [-0.39, 0.29) is 0 Å². The minimum atomic E-state index is -1.59. The number of benzene rings is 1. The van der Waals surface area contributed by atoms with Crippen LogP contribution >= 0.6 is 0 Å². The van der Waals surface area contributed by atoms with Crippen LogP contribution in [0.15, 0.2) is 30.8 Å². The molecule has 1 aliphatic rings. The number of ether oxygens (including phenoxy) is 1. The van der Waals surface area contributed by atoms with Gasteiger partial charge in [-0.1, -0.05) is 24.8 Å². The van der Waals surface area contributed by atoms with Gasteiger partial charge in [-0.05, 0) is 26.8 Å². The highest BCUT2D eigenvalue weighted by Crippen LogP contribution is 2.39. The van der Waals surface area contributed by atoms with Gasteiger partial charge in [0.2, 0.25) is 0 Å². The number of para-hydroxylation sites is 1. The van der Waals surface area contributed by atoms with Crippen molar-refractivity contribution in [3.05, 3.63) is 36.4 Å². The minimum Gasteiger partial charge on any atom is -0.595 e. The summed E-state index contributed by atoms with van der Waals surface area (Å²) in [5.41, 5.74) is 1.44. The van der Waals surface area contributed by atoms with Crippen molar-refractivity contribution in [1.29, 1.82) is 0 Å². The molecule has 2 atom stereocenters. The Morgan fingerprint density at radius 3 is 2.57 bits per heavy atom. The molecule has 1 aliphatic heterocycles. The number of fused-ring (bicyclic) bond motifs is 1. The van der Waals surface area contributed by atoms with Gasteiger partial charge in [-0.2, -0.15) is 0 Å². The summed E-state index contributed by atoms with van der Waals surface area (Å²) in [5.74, 6) is 0.0792. The van der Waals surface area contributed by atoms with E-state index < -0.39 is 28.3 Å². The van der Waals surface area contributed by atoms with Crippen molar-refractivity contribution < 1.29 is 18.9 Å². The normalized spacial score (nSPS) is 19.1. The molecule has 0 saturated carbocycles. The lowest BCUT2D eigenvalue weighted by molar-refractivity contribution is -0.180. The van der Waals surface area contributed by atoms with Gasteiger partial charge in [-0.3, -0.25) is 4.79 Å². The van der Waals surface area contributed by atoms with E-state index in [9.17, 15) is 9.35 Å². The molecular weight excluding hydrogens is 290 g/mol. The van der Waals surface area contributed by atoms with E-state index in [2.05, 4.69) is 6.58 Å². The van der Waals surface area contributed by atoms with E-state index in [1.165, 1.54) is 6.92 Å². The molecule has 1 aromatic rings. The predicted molar refractivity (Wildman–Crippen MR) is 81.4 cm³/mol. The fourth-order valence-electron chi connectivity index (χ4n) is 1.89. The number of hydrogen-bond donors (Lipinski definition) is 0. The number of carbonyl (C=O) groups excluding carboxylic acids is 1. The topological polar surface area (TPSA) is 61.8 Å². The van der Waals surface area contributed by atoms with E-state index >= 15 is 0 Å². The molecule has 0 fully saturated rings. The van der Waals surface area contributed by atoms with Crippen LogP contribution in [-0.4, -0.2) is 26.0 Å². The quantitative estimate of drug-likeness (QED) is 0.634. The third-order valence-corrected chi connectivity index (χ3v) is 4.51. The first-order valence-electron chi connectivity index (χ1n) is 6.56. The summed E-state index contributed by atoms with van der Waals surface area (Å²) in [7, 11) is 0. The van der Waals surface area contributed by atoms with Gasteiger partial charge in [0.1, 0.15) is 10.5 Å². The number of rotatable bonds is 3. The van der Waals surface area contributed by atoms with E-state index in [0.717, 1.165) is 10.0 Å². The SMILES string of the molecule is C=C1c2ccccc2O[C@H]1N(OC(C)=O)[S+]([O-])C(C)(C)C. The summed E-state index contributed by atoms with van der Waals surface area (Å²) in [6, 6.07) is 7.37. The van der Waals surface area contributed by atoms with Crippen molar-refractivity contribution in [1.82, 2.24) is 4.47 Å². The summed E-state index contributed by atoms with van der Waals surface area (Å²) < 4.78 is 18.9. The van der Waals surface area contributed by atoms with Gasteiger partial charge in [0.25, 0.3) is 6.23 Å². The third-order valence-electron chi connectivity index (χ3n) is 2.87. The first-order chi connectivity index (χ1) is 9.71. The maximum absolute atomic E-state index is 12.6. The van der Waals surface area contributed by atoms with Crippen LogP contribution in [-0.2, 0) is 21.0 Å². The van der Waals surface area contributed by atoms with Crippen LogP contribution in [0.1, 0.15) is 33.3 Å². The number of carbonyl (C=O) groups is 1. The molecule has 6 heteroatoms. The number of hydroxylamine groups is 1. The van der Waals surface area contributed by atoms with Crippen molar-refractivity contribution in [2.24, 2.45) is 0 Å². The first kappa shape index (κ1) is 15.9. The van der Waals surface area contributed by atoms with Crippen molar-refractivity contribution in [2.45, 2.75) is 38.7 Å². The average Bonchev–Trinajstić information content (AvgIpc) is 2.72. The van der Waals surface area contributed by atoms with Gasteiger partial charge in [0, 0.05) is 18.1 Å². The Hall–Kier alpha value is -1.50. The van der Waals surface area contributed by atoms with Crippen LogP contribution in [0.5, 0.6) is 5.75 Å². The molecule has 1 unspecified atom stereocenters. The molecule has 1 heterocycles. The summed E-state index contributed by atoms with van der Waals surface area (Å²) in [5, 5.41) is 0. The highest BCUT2D eigenvalue weighted by atomic mass is 32.2. The van der Waals surface area contributed by atoms with Gasteiger partial charge >= 0.3 is 5.97 Å². The smallest absolute Gasteiger partial charge is 0.327 e. The van der Waals surface area contributed by atoms with Crippen LogP contribution < -0.4 is 4.74 Å². The molecule has 0 saturated heterocycles. The molecule has 0 aliphatic carbocycles. The molecular formula is C15H19NO4S. The zero-order chi connectivity index (χ0) is 15.8. The molecule has 2 rings (SSSR count). The summed E-state index contributed by atoms with van der Waals surface area (Å²) in [4.78, 5) is 16.5. The van der Waals surface area contributed by atoms with Crippen molar-refractivity contribution in [3.8, 4) is 5.75 Å². The Labute approximate surface area is 127 Å². The molecule has 0 N–H and O–H groups in total. The summed E-state index contributed by atoms with van der Waals surface area (Å²) >= 11 is -1.59. The zero-order valence-corrected chi connectivity index (χ0v) is 13.4. The molecule has 0 amide bonds. The Balaban J connectivity index is 2.32. The second-order valence-corrected chi connectivity index (χ2v) is 7.80. The van der Waals surface area contributed by atoms with Gasteiger partial charge < -0.3 is 14.1 Å². The summed E-state index contributed by atoms with van der Waals surface area (Å²) in [6.07, 6.45) is -0.786. The molecule has 21 heavy (non-hydrogen) atoms. The van der Waals surface area contributed by atoms with E-state index in [1.54, 1.807) is 26.8 Å². The molecule has 114 valence electrons. The molecule has 0 aromatic heterocycles. The minimum absolute atomic E-state index is 0.556. The van der Waals surface area contributed by atoms with Crippen LogP contribution in [0.2, 0.25) is 0 Å².